The summed E-state index contributed by atoms with van der Waals surface area (Å²) >= 11 is 0. The second kappa shape index (κ2) is 6.48. The first-order valence-corrected chi connectivity index (χ1v) is 8.03. The van der Waals surface area contributed by atoms with Gasteiger partial charge in [0, 0.05) is 38.4 Å². The van der Waals surface area contributed by atoms with Crippen LogP contribution in [0.3, 0.4) is 0 Å². The van der Waals surface area contributed by atoms with E-state index >= 15 is 0 Å². The lowest BCUT2D eigenvalue weighted by atomic mass is 10.0. The van der Waals surface area contributed by atoms with Crippen LogP contribution >= 0.6 is 0 Å². The molecule has 1 heterocycles. The largest absolute Gasteiger partial charge is 0.325 e. The average molecular weight is 287 g/mol. The highest BCUT2D eigenvalue weighted by Crippen LogP contribution is 2.30. The molecule has 1 saturated heterocycles. The average Bonchev–Trinajstić information content (AvgIpc) is 3.32. The quantitative estimate of drug-likeness (QED) is 0.924. The van der Waals surface area contributed by atoms with Crippen molar-refractivity contribution in [2.45, 2.75) is 31.7 Å². The molecule has 2 aliphatic rings. The van der Waals surface area contributed by atoms with Gasteiger partial charge in [-0.15, -0.1) is 0 Å². The molecule has 3 rings (SSSR count). The standard InChI is InChI=1S/C17H25N3O/c1-19(17(21)18-15-5-3-2-4-6-15)16-9-11-20(12-10-16)13-14-7-8-14/h2-6,14,16H,7-13H2,1H3,(H,18,21). The number of rotatable bonds is 4. The van der Waals surface area contributed by atoms with E-state index in [1.807, 2.05) is 42.3 Å². The van der Waals surface area contributed by atoms with Crippen molar-refractivity contribution in [2.24, 2.45) is 5.92 Å². The Bertz CT molecular complexity index is 464. The zero-order chi connectivity index (χ0) is 14.7. The topological polar surface area (TPSA) is 35.6 Å². The van der Waals surface area contributed by atoms with E-state index in [-0.39, 0.29) is 6.03 Å². The number of likely N-dealkylation sites (tertiary alicyclic amines) is 1. The Morgan fingerprint density at radius 3 is 2.48 bits per heavy atom. The number of hydrogen-bond donors (Lipinski definition) is 1. The van der Waals surface area contributed by atoms with Crippen molar-refractivity contribution in [1.82, 2.24) is 9.80 Å². The summed E-state index contributed by atoms with van der Waals surface area (Å²) in [7, 11) is 1.92. The number of amides is 2. The van der Waals surface area contributed by atoms with Crippen molar-refractivity contribution < 1.29 is 4.79 Å². The van der Waals surface area contributed by atoms with E-state index in [2.05, 4.69) is 10.2 Å². The van der Waals surface area contributed by atoms with Crippen molar-refractivity contribution >= 4 is 11.7 Å². The molecule has 1 aromatic carbocycles. The van der Waals surface area contributed by atoms with Gasteiger partial charge in [-0.1, -0.05) is 18.2 Å². The minimum Gasteiger partial charge on any atom is -0.325 e. The molecule has 1 aromatic rings. The van der Waals surface area contributed by atoms with Crippen LogP contribution in [0, 0.1) is 5.92 Å². The number of nitrogens with zero attached hydrogens (tertiary/aromatic N) is 2. The lowest BCUT2D eigenvalue weighted by Gasteiger charge is -2.36. The smallest absolute Gasteiger partial charge is 0.321 e. The molecule has 2 fully saturated rings. The van der Waals surface area contributed by atoms with E-state index in [4.69, 9.17) is 0 Å². The second-order valence-electron chi connectivity index (χ2n) is 6.38. The Kier molecular flexibility index (Phi) is 4.44. The zero-order valence-corrected chi connectivity index (χ0v) is 12.8. The number of anilines is 1. The summed E-state index contributed by atoms with van der Waals surface area (Å²) in [5.41, 5.74) is 0.862. The van der Waals surface area contributed by atoms with Gasteiger partial charge in [0.2, 0.25) is 0 Å². The number of para-hydroxylation sites is 1. The first kappa shape index (κ1) is 14.4. The number of benzene rings is 1. The van der Waals surface area contributed by atoms with Gasteiger partial charge >= 0.3 is 6.03 Å². The maximum atomic E-state index is 12.3. The Labute approximate surface area is 127 Å². The normalized spacial score (nSPS) is 20.2. The minimum atomic E-state index is 0.00171. The first-order valence-electron chi connectivity index (χ1n) is 8.03. The summed E-state index contributed by atoms with van der Waals surface area (Å²) in [5, 5.41) is 2.97. The van der Waals surface area contributed by atoms with Gasteiger partial charge in [-0.25, -0.2) is 4.79 Å². The Morgan fingerprint density at radius 2 is 1.86 bits per heavy atom. The third kappa shape index (κ3) is 3.97. The lowest BCUT2D eigenvalue weighted by molar-refractivity contribution is 0.138. The van der Waals surface area contributed by atoms with Gasteiger partial charge in [-0.3, -0.25) is 0 Å². The van der Waals surface area contributed by atoms with E-state index in [9.17, 15) is 4.79 Å². The van der Waals surface area contributed by atoms with E-state index in [1.165, 1.54) is 19.4 Å². The van der Waals surface area contributed by atoms with Crippen LogP contribution in [-0.2, 0) is 0 Å². The van der Waals surface area contributed by atoms with E-state index in [0.29, 0.717) is 6.04 Å². The van der Waals surface area contributed by atoms with Crippen molar-refractivity contribution in [3.63, 3.8) is 0 Å². The first-order chi connectivity index (χ1) is 10.2. The van der Waals surface area contributed by atoms with Gasteiger partial charge in [-0.05, 0) is 43.7 Å². The molecule has 114 valence electrons. The van der Waals surface area contributed by atoms with Crippen LogP contribution in [0.25, 0.3) is 0 Å². The predicted octanol–water partition coefficient (Wildman–Crippen LogP) is 3.02. The molecule has 1 saturated carbocycles. The van der Waals surface area contributed by atoms with E-state index < -0.39 is 0 Å². The molecule has 0 aromatic heterocycles. The highest BCUT2D eigenvalue weighted by atomic mass is 16.2. The molecule has 0 spiro atoms. The number of urea groups is 1. The van der Waals surface area contributed by atoms with Gasteiger partial charge in [0.25, 0.3) is 0 Å². The molecule has 0 unspecified atom stereocenters. The molecule has 21 heavy (non-hydrogen) atoms. The summed E-state index contributed by atoms with van der Waals surface area (Å²) in [6.45, 7) is 3.53. The molecular weight excluding hydrogens is 262 g/mol. The van der Waals surface area contributed by atoms with Gasteiger partial charge in [0.1, 0.15) is 0 Å². The maximum Gasteiger partial charge on any atom is 0.321 e. The predicted molar refractivity (Wildman–Crippen MR) is 85.4 cm³/mol. The van der Waals surface area contributed by atoms with Crippen molar-refractivity contribution in [1.29, 1.82) is 0 Å². The molecule has 4 heteroatoms. The molecule has 1 aliphatic carbocycles. The zero-order valence-electron chi connectivity index (χ0n) is 12.8. The summed E-state index contributed by atoms with van der Waals surface area (Å²) < 4.78 is 0. The summed E-state index contributed by atoms with van der Waals surface area (Å²) in [6.07, 6.45) is 5.01. The van der Waals surface area contributed by atoms with Crippen LogP contribution in [0.2, 0.25) is 0 Å². The van der Waals surface area contributed by atoms with Crippen molar-refractivity contribution in [3.05, 3.63) is 30.3 Å². The van der Waals surface area contributed by atoms with Crippen LogP contribution in [0.15, 0.2) is 30.3 Å². The summed E-state index contributed by atoms with van der Waals surface area (Å²) in [4.78, 5) is 16.7. The highest BCUT2D eigenvalue weighted by Gasteiger charge is 2.29. The second-order valence-corrected chi connectivity index (χ2v) is 6.38. The van der Waals surface area contributed by atoms with Crippen molar-refractivity contribution in [3.8, 4) is 0 Å². The number of hydrogen-bond acceptors (Lipinski definition) is 2. The van der Waals surface area contributed by atoms with Crippen LogP contribution in [0.5, 0.6) is 0 Å². The van der Waals surface area contributed by atoms with Gasteiger partial charge in [0.15, 0.2) is 0 Å². The SMILES string of the molecule is CN(C(=O)Nc1ccccc1)C1CCN(CC2CC2)CC1. The molecule has 1 N–H and O–H groups in total. The number of carbonyl (C=O) groups excluding carboxylic acids is 1. The van der Waals surface area contributed by atoms with E-state index in [0.717, 1.165) is 37.5 Å². The molecule has 1 aliphatic heterocycles. The molecule has 4 nitrogen and oxygen atoms in total. The summed E-state index contributed by atoms with van der Waals surface area (Å²) in [6, 6.07) is 10.0. The Morgan fingerprint density at radius 1 is 1.19 bits per heavy atom. The van der Waals surface area contributed by atoms with Crippen LogP contribution < -0.4 is 5.32 Å². The van der Waals surface area contributed by atoms with Gasteiger partial charge < -0.3 is 15.1 Å². The highest BCUT2D eigenvalue weighted by molar-refractivity contribution is 5.89. The molecular formula is C17H25N3O. The minimum absolute atomic E-state index is 0.00171. The number of carbonyl (C=O) groups is 1. The molecule has 2 amide bonds. The monoisotopic (exact) mass is 287 g/mol. The van der Waals surface area contributed by atoms with Crippen LogP contribution in [0.1, 0.15) is 25.7 Å². The Balaban J connectivity index is 1.46. The third-order valence-electron chi connectivity index (χ3n) is 4.66. The molecule has 0 bridgehead atoms. The number of nitrogens with one attached hydrogen (secondary N) is 1. The lowest BCUT2D eigenvalue weighted by Crippen LogP contribution is -2.47. The summed E-state index contributed by atoms with van der Waals surface area (Å²) in [5.74, 6) is 0.959. The fraction of sp³-hybridized carbons (Fsp3) is 0.588. The number of piperidine rings is 1. The Hall–Kier alpha value is -1.55. The van der Waals surface area contributed by atoms with Gasteiger partial charge in [-0.2, -0.15) is 0 Å². The third-order valence-corrected chi connectivity index (χ3v) is 4.66. The van der Waals surface area contributed by atoms with E-state index in [1.54, 1.807) is 0 Å². The molecule has 0 radical (unpaired) electrons. The van der Waals surface area contributed by atoms with Gasteiger partial charge in [0.05, 0.1) is 0 Å². The van der Waals surface area contributed by atoms with Crippen LogP contribution in [0.4, 0.5) is 10.5 Å². The molecule has 0 atom stereocenters. The fourth-order valence-corrected chi connectivity index (χ4v) is 3.05. The fourth-order valence-electron chi connectivity index (χ4n) is 3.05. The maximum absolute atomic E-state index is 12.3. The van der Waals surface area contributed by atoms with Crippen molar-refractivity contribution in [2.75, 3.05) is 32.0 Å². The van der Waals surface area contributed by atoms with Crippen LogP contribution in [-0.4, -0.2) is 48.6 Å².